The van der Waals surface area contributed by atoms with Gasteiger partial charge in [0.2, 0.25) is 0 Å². The Morgan fingerprint density at radius 3 is 2.48 bits per heavy atom. The SMILES string of the molecule is COc1ccnc(CCc2nc3cc(-c4ccc(C(F)(F)F)cc4)cnc3[nH]2)c1. The van der Waals surface area contributed by atoms with Crippen molar-refractivity contribution in [2.24, 2.45) is 0 Å². The maximum absolute atomic E-state index is 12.7. The summed E-state index contributed by atoms with van der Waals surface area (Å²) < 4.78 is 43.4. The number of aryl methyl sites for hydroxylation is 2. The monoisotopic (exact) mass is 398 g/mol. The van der Waals surface area contributed by atoms with Crippen LogP contribution in [0.1, 0.15) is 17.1 Å². The standard InChI is InChI=1S/C21H17F3N4O/c1-29-17-8-9-25-16(11-17)6-7-19-27-18-10-14(12-26-20(18)28-19)13-2-4-15(5-3-13)21(22,23)24/h2-5,8-12H,6-7H2,1H3,(H,26,27,28). The van der Waals surface area contributed by atoms with E-state index in [1.807, 2.05) is 12.1 Å². The Labute approximate surface area is 164 Å². The number of ether oxygens (including phenoxy) is 1. The minimum absolute atomic E-state index is 0.634. The Hall–Kier alpha value is -3.42. The molecule has 3 aromatic heterocycles. The first-order valence-electron chi connectivity index (χ1n) is 8.93. The lowest BCUT2D eigenvalue weighted by atomic mass is 10.1. The van der Waals surface area contributed by atoms with E-state index in [4.69, 9.17) is 4.74 Å². The Balaban J connectivity index is 1.53. The lowest BCUT2D eigenvalue weighted by molar-refractivity contribution is -0.137. The zero-order valence-electron chi connectivity index (χ0n) is 15.5. The molecule has 0 aliphatic rings. The minimum Gasteiger partial charge on any atom is -0.497 e. The third-order valence-electron chi connectivity index (χ3n) is 4.57. The molecule has 0 fully saturated rings. The highest BCUT2D eigenvalue weighted by atomic mass is 19.4. The maximum Gasteiger partial charge on any atom is 0.416 e. The quantitative estimate of drug-likeness (QED) is 0.523. The normalized spacial score (nSPS) is 11.7. The number of benzene rings is 1. The van der Waals surface area contributed by atoms with Gasteiger partial charge in [-0.05, 0) is 36.2 Å². The van der Waals surface area contributed by atoms with Crippen molar-refractivity contribution in [3.05, 3.63) is 71.9 Å². The van der Waals surface area contributed by atoms with E-state index in [-0.39, 0.29) is 0 Å². The number of halogens is 3. The summed E-state index contributed by atoms with van der Waals surface area (Å²) >= 11 is 0. The number of pyridine rings is 2. The third-order valence-corrected chi connectivity index (χ3v) is 4.57. The fraction of sp³-hybridized carbons (Fsp3) is 0.190. The summed E-state index contributed by atoms with van der Waals surface area (Å²) in [5.41, 5.74) is 2.87. The van der Waals surface area contributed by atoms with Gasteiger partial charge in [0.25, 0.3) is 0 Å². The number of aromatic amines is 1. The number of nitrogens with one attached hydrogen (secondary N) is 1. The lowest BCUT2D eigenvalue weighted by Crippen LogP contribution is -2.03. The second-order valence-corrected chi connectivity index (χ2v) is 6.54. The summed E-state index contributed by atoms with van der Waals surface area (Å²) in [4.78, 5) is 16.4. The van der Waals surface area contributed by atoms with Crippen LogP contribution in [0.4, 0.5) is 13.2 Å². The molecule has 148 valence electrons. The molecular weight excluding hydrogens is 381 g/mol. The highest BCUT2D eigenvalue weighted by Crippen LogP contribution is 2.31. The van der Waals surface area contributed by atoms with Crippen LogP contribution in [0.2, 0.25) is 0 Å². The average molecular weight is 398 g/mol. The molecule has 0 bridgehead atoms. The number of rotatable bonds is 5. The van der Waals surface area contributed by atoms with Crippen LogP contribution in [0.15, 0.2) is 54.9 Å². The van der Waals surface area contributed by atoms with Crippen LogP contribution >= 0.6 is 0 Å². The zero-order valence-corrected chi connectivity index (χ0v) is 15.5. The van der Waals surface area contributed by atoms with Crippen molar-refractivity contribution in [2.75, 3.05) is 7.11 Å². The van der Waals surface area contributed by atoms with Gasteiger partial charge in [-0.2, -0.15) is 13.2 Å². The molecule has 0 atom stereocenters. The Bertz CT molecular complexity index is 1140. The molecule has 0 spiro atoms. The minimum atomic E-state index is -4.35. The second kappa shape index (κ2) is 7.54. The van der Waals surface area contributed by atoms with E-state index in [0.717, 1.165) is 29.4 Å². The fourth-order valence-corrected chi connectivity index (χ4v) is 3.04. The molecule has 4 rings (SSSR count). The van der Waals surface area contributed by atoms with E-state index in [2.05, 4.69) is 19.9 Å². The van der Waals surface area contributed by atoms with Crippen molar-refractivity contribution in [2.45, 2.75) is 19.0 Å². The Morgan fingerprint density at radius 1 is 0.966 bits per heavy atom. The van der Waals surface area contributed by atoms with Gasteiger partial charge in [-0.3, -0.25) is 4.98 Å². The number of nitrogens with zero attached hydrogens (tertiary/aromatic N) is 3. The van der Waals surface area contributed by atoms with Crippen LogP contribution in [-0.4, -0.2) is 27.0 Å². The highest BCUT2D eigenvalue weighted by molar-refractivity contribution is 5.78. The summed E-state index contributed by atoms with van der Waals surface area (Å²) in [5, 5.41) is 0. The lowest BCUT2D eigenvalue weighted by Gasteiger charge is -2.07. The van der Waals surface area contributed by atoms with Crippen LogP contribution in [0, 0.1) is 0 Å². The molecule has 29 heavy (non-hydrogen) atoms. The number of hydrogen-bond donors (Lipinski definition) is 1. The van der Waals surface area contributed by atoms with Gasteiger partial charge in [-0.25, -0.2) is 9.97 Å². The van der Waals surface area contributed by atoms with Crippen LogP contribution in [-0.2, 0) is 19.0 Å². The first-order valence-corrected chi connectivity index (χ1v) is 8.93. The number of aromatic nitrogens is 4. The van der Waals surface area contributed by atoms with Gasteiger partial charge in [0, 0.05) is 36.1 Å². The smallest absolute Gasteiger partial charge is 0.416 e. The van der Waals surface area contributed by atoms with Gasteiger partial charge in [0.15, 0.2) is 5.65 Å². The largest absolute Gasteiger partial charge is 0.497 e. The first kappa shape index (κ1) is 18.9. The number of H-pyrrole nitrogens is 1. The molecule has 1 aromatic carbocycles. The average Bonchev–Trinajstić information content (AvgIpc) is 3.14. The molecule has 5 nitrogen and oxygen atoms in total. The van der Waals surface area contributed by atoms with E-state index in [1.165, 1.54) is 12.1 Å². The van der Waals surface area contributed by atoms with E-state index >= 15 is 0 Å². The molecule has 0 unspecified atom stereocenters. The molecule has 0 saturated heterocycles. The van der Waals surface area contributed by atoms with Crippen molar-refractivity contribution in [3.8, 4) is 16.9 Å². The van der Waals surface area contributed by atoms with E-state index in [1.54, 1.807) is 25.6 Å². The van der Waals surface area contributed by atoms with Gasteiger partial charge < -0.3 is 9.72 Å². The fourth-order valence-electron chi connectivity index (χ4n) is 3.04. The van der Waals surface area contributed by atoms with Crippen molar-refractivity contribution in [1.29, 1.82) is 0 Å². The van der Waals surface area contributed by atoms with Gasteiger partial charge in [0.1, 0.15) is 17.1 Å². The van der Waals surface area contributed by atoms with Gasteiger partial charge in [-0.1, -0.05) is 12.1 Å². The van der Waals surface area contributed by atoms with Crippen LogP contribution < -0.4 is 4.74 Å². The number of alkyl halides is 3. The molecular formula is C21H17F3N4O. The van der Waals surface area contributed by atoms with Gasteiger partial charge in [0.05, 0.1) is 12.7 Å². The molecule has 3 heterocycles. The van der Waals surface area contributed by atoms with Crippen molar-refractivity contribution >= 4 is 11.2 Å². The van der Waals surface area contributed by atoms with Crippen LogP contribution in [0.25, 0.3) is 22.3 Å². The van der Waals surface area contributed by atoms with Crippen molar-refractivity contribution in [3.63, 3.8) is 0 Å². The molecule has 0 aliphatic heterocycles. The highest BCUT2D eigenvalue weighted by Gasteiger charge is 2.30. The van der Waals surface area contributed by atoms with Gasteiger partial charge in [-0.15, -0.1) is 0 Å². The van der Waals surface area contributed by atoms with E-state index < -0.39 is 11.7 Å². The van der Waals surface area contributed by atoms with Crippen LogP contribution in [0.3, 0.4) is 0 Å². The molecule has 1 N–H and O–H groups in total. The predicted octanol–water partition coefficient (Wildman–Crippen LogP) is 4.83. The number of fused-ring (bicyclic) bond motifs is 1. The number of methoxy groups -OCH3 is 1. The van der Waals surface area contributed by atoms with Crippen LogP contribution in [0.5, 0.6) is 5.75 Å². The van der Waals surface area contributed by atoms with E-state index in [0.29, 0.717) is 35.1 Å². The van der Waals surface area contributed by atoms with Crippen molar-refractivity contribution < 1.29 is 17.9 Å². The van der Waals surface area contributed by atoms with Crippen molar-refractivity contribution in [1.82, 2.24) is 19.9 Å². The first-order chi connectivity index (χ1) is 13.9. The molecule has 0 saturated carbocycles. The predicted molar refractivity (Wildman–Crippen MR) is 103 cm³/mol. The summed E-state index contributed by atoms with van der Waals surface area (Å²) in [7, 11) is 1.61. The maximum atomic E-state index is 12.7. The summed E-state index contributed by atoms with van der Waals surface area (Å²) in [6, 6.07) is 10.5. The zero-order chi connectivity index (χ0) is 20.4. The third kappa shape index (κ3) is 4.21. The molecule has 0 radical (unpaired) electrons. The van der Waals surface area contributed by atoms with Gasteiger partial charge >= 0.3 is 6.18 Å². The summed E-state index contributed by atoms with van der Waals surface area (Å²) in [5.74, 6) is 1.52. The molecule has 0 aliphatic carbocycles. The number of hydrogen-bond acceptors (Lipinski definition) is 4. The molecule has 8 heteroatoms. The summed E-state index contributed by atoms with van der Waals surface area (Å²) in [6.45, 7) is 0. The Morgan fingerprint density at radius 2 is 1.76 bits per heavy atom. The second-order valence-electron chi connectivity index (χ2n) is 6.54. The topological polar surface area (TPSA) is 63.7 Å². The Kier molecular flexibility index (Phi) is 4.92. The van der Waals surface area contributed by atoms with E-state index in [9.17, 15) is 13.2 Å². The molecule has 0 amide bonds. The number of imidazole rings is 1. The summed E-state index contributed by atoms with van der Waals surface area (Å²) in [6.07, 6.45) is 0.297. The molecule has 4 aromatic rings.